The van der Waals surface area contributed by atoms with Gasteiger partial charge in [-0.05, 0) is 18.6 Å². The highest BCUT2D eigenvalue weighted by Crippen LogP contribution is 2.27. The minimum atomic E-state index is -0.627. The van der Waals surface area contributed by atoms with Gasteiger partial charge in [0.1, 0.15) is 5.54 Å². The van der Waals surface area contributed by atoms with Gasteiger partial charge in [0.05, 0.1) is 12.3 Å². The molecule has 84 valence electrons. The molecule has 0 amide bonds. The summed E-state index contributed by atoms with van der Waals surface area (Å²) in [5.41, 5.74) is 6.31. The molecular formula is C10H12N4O2. The number of aromatic amines is 1. The molecule has 1 aliphatic rings. The average molecular weight is 220 g/mol. The smallest absolute Gasteiger partial charge is 0.249 e. The normalized spacial score (nSPS) is 25.1. The Morgan fingerprint density at radius 1 is 1.50 bits per heavy atom. The lowest BCUT2D eigenvalue weighted by Crippen LogP contribution is -2.37. The molecule has 0 radical (unpaired) electrons. The number of hydrogen-bond donors (Lipinski definition) is 2. The van der Waals surface area contributed by atoms with Gasteiger partial charge in [-0.1, -0.05) is 5.16 Å². The number of rotatable bonds is 2. The van der Waals surface area contributed by atoms with Gasteiger partial charge in [0.15, 0.2) is 0 Å². The Kier molecular flexibility index (Phi) is 2.05. The molecule has 3 N–H and O–H groups in total. The van der Waals surface area contributed by atoms with Gasteiger partial charge in [0.25, 0.3) is 0 Å². The molecule has 1 atom stereocenters. The molecule has 2 aromatic rings. The first-order chi connectivity index (χ1) is 7.78. The van der Waals surface area contributed by atoms with Crippen LogP contribution in [0.4, 0.5) is 0 Å². The van der Waals surface area contributed by atoms with Crippen molar-refractivity contribution in [3.05, 3.63) is 24.2 Å². The predicted molar refractivity (Wildman–Crippen MR) is 55.4 cm³/mol. The number of H-pyrrole nitrogens is 1. The number of nitrogens with one attached hydrogen (secondary N) is 1. The second-order valence-corrected chi connectivity index (χ2v) is 3.97. The molecule has 16 heavy (non-hydrogen) atoms. The van der Waals surface area contributed by atoms with E-state index in [0.717, 1.165) is 5.69 Å². The average Bonchev–Trinajstić information content (AvgIpc) is 2.98. The van der Waals surface area contributed by atoms with E-state index in [-0.39, 0.29) is 0 Å². The third kappa shape index (κ3) is 1.43. The lowest BCUT2D eigenvalue weighted by atomic mass is 10.0. The van der Waals surface area contributed by atoms with E-state index in [4.69, 9.17) is 15.0 Å². The number of ether oxygens (including phenoxy) is 1. The van der Waals surface area contributed by atoms with Crippen LogP contribution in [0.2, 0.25) is 0 Å². The fourth-order valence-electron chi connectivity index (χ4n) is 1.75. The minimum Gasteiger partial charge on any atom is -0.379 e. The lowest BCUT2D eigenvalue weighted by Gasteiger charge is -2.14. The topological polar surface area (TPSA) is 90.0 Å². The zero-order valence-electron chi connectivity index (χ0n) is 8.64. The van der Waals surface area contributed by atoms with Crippen molar-refractivity contribution in [2.75, 3.05) is 13.2 Å². The fraction of sp³-hybridized carbons (Fsp3) is 0.400. The minimum absolute atomic E-state index is 0.430. The molecular weight excluding hydrogens is 208 g/mol. The molecule has 6 heteroatoms. The Morgan fingerprint density at radius 2 is 2.44 bits per heavy atom. The van der Waals surface area contributed by atoms with Crippen molar-refractivity contribution in [3.8, 4) is 11.5 Å². The first-order valence-corrected chi connectivity index (χ1v) is 5.12. The monoisotopic (exact) mass is 220 g/mol. The van der Waals surface area contributed by atoms with Crippen LogP contribution in [0, 0.1) is 0 Å². The van der Waals surface area contributed by atoms with Crippen LogP contribution in [-0.2, 0) is 10.3 Å². The van der Waals surface area contributed by atoms with E-state index in [2.05, 4.69) is 15.1 Å². The fourth-order valence-corrected chi connectivity index (χ4v) is 1.75. The molecule has 2 aromatic heterocycles. The van der Waals surface area contributed by atoms with Crippen molar-refractivity contribution in [2.24, 2.45) is 5.73 Å². The van der Waals surface area contributed by atoms with Gasteiger partial charge in [-0.2, -0.15) is 4.98 Å². The number of nitrogens with zero attached hydrogens (tertiary/aromatic N) is 2. The Balaban J connectivity index is 1.93. The van der Waals surface area contributed by atoms with Crippen LogP contribution in [0.5, 0.6) is 0 Å². The van der Waals surface area contributed by atoms with Crippen molar-refractivity contribution in [3.63, 3.8) is 0 Å². The third-order valence-electron chi connectivity index (χ3n) is 2.74. The molecule has 1 unspecified atom stereocenters. The Bertz CT molecular complexity index is 471. The molecule has 0 spiro atoms. The predicted octanol–water partition coefficient (Wildman–Crippen LogP) is 0.639. The van der Waals surface area contributed by atoms with Gasteiger partial charge in [-0.25, -0.2) is 0 Å². The first kappa shape index (κ1) is 9.56. The van der Waals surface area contributed by atoms with E-state index in [1.165, 1.54) is 0 Å². The van der Waals surface area contributed by atoms with Crippen molar-refractivity contribution >= 4 is 0 Å². The highest BCUT2D eigenvalue weighted by Gasteiger charge is 2.38. The van der Waals surface area contributed by atoms with Gasteiger partial charge >= 0.3 is 0 Å². The van der Waals surface area contributed by atoms with Crippen LogP contribution in [-0.4, -0.2) is 28.3 Å². The van der Waals surface area contributed by atoms with E-state index in [1.807, 2.05) is 18.3 Å². The summed E-state index contributed by atoms with van der Waals surface area (Å²) in [6, 6.07) is 3.76. The van der Waals surface area contributed by atoms with Crippen molar-refractivity contribution in [2.45, 2.75) is 12.0 Å². The maximum Gasteiger partial charge on any atom is 0.249 e. The van der Waals surface area contributed by atoms with E-state index >= 15 is 0 Å². The van der Waals surface area contributed by atoms with Gasteiger partial charge in [-0.3, -0.25) is 0 Å². The Morgan fingerprint density at radius 3 is 3.12 bits per heavy atom. The van der Waals surface area contributed by atoms with Gasteiger partial charge < -0.3 is 20.0 Å². The quantitative estimate of drug-likeness (QED) is 0.775. The lowest BCUT2D eigenvalue weighted by molar-refractivity contribution is 0.166. The van der Waals surface area contributed by atoms with Crippen LogP contribution in [0.25, 0.3) is 11.5 Å². The summed E-state index contributed by atoms with van der Waals surface area (Å²) in [4.78, 5) is 7.31. The summed E-state index contributed by atoms with van der Waals surface area (Å²) in [6.45, 7) is 1.07. The summed E-state index contributed by atoms with van der Waals surface area (Å²) in [5.74, 6) is 0.964. The number of hydrogen-bond acceptors (Lipinski definition) is 5. The standard InChI is InChI=1S/C10H12N4O2/c11-10(3-5-15-6-10)9-13-8(14-16-9)7-2-1-4-12-7/h1-2,4,12H,3,5-6,11H2. The van der Waals surface area contributed by atoms with Crippen LogP contribution in [0.15, 0.2) is 22.9 Å². The van der Waals surface area contributed by atoms with Gasteiger partial charge in [0.2, 0.25) is 11.7 Å². The molecule has 0 aromatic carbocycles. The highest BCUT2D eigenvalue weighted by molar-refractivity contribution is 5.48. The Labute approximate surface area is 91.8 Å². The van der Waals surface area contributed by atoms with Crippen LogP contribution in [0.1, 0.15) is 12.3 Å². The maximum absolute atomic E-state index is 6.12. The summed E-state index contributed by atoms with van der Waals surface area (Å²) in [7, 11) is 0. The molecule has 1 aliphatic heterocycles. The summed E-state index contributed by atoms with van der Waals surface area (Å²) in [5, 5.41) is 3.90. The van der Waals surface area contributed by atoms with Crippen LogP contribution < -0.4 is 5.73 Å². The zero-order valence-corrected chi connectivity index (χ0v) is 8.64. The second kappa shape index (κ2) is 3.43. The molecule has 3 heterocycles. The number of nitrogens with two attached hydrogens (primary N) is 1. The first-order valence-electron chi connectivity index (χ1n) is 5.12. The van der Waals surface area contributed by atoms with E-state index < -0.39 is 5.54 Å². The number of aromatic nitrogens is 3. The van der Waals surface area contributed by atoms with E-state index in [0.29, 0.717) is 31.3 Å². The maximum atomic E-state index is 6.12. The third-order valence-corrected chi connectivity index (χ3v) is 2.74. The summed E-state index contributed by atoms with van der Waals surface area (Å²) < 4.78 is 10.4. The SMILES string of the molecule is NC1(c2nc(-c3ccc[nH]3)no2)CCOC1. The van der Waals surface area contributed by atoms with Gasteiger partial charge in [0, 0.05) is 12.8 Å². The molecule has 0 aliphatic carbocycles. The molecule has 3 rings (SSSR count). The largest absolute Gasteiger partial charge is 0.379 e. The van der Waals surface area contributed by atoms with Crippen LogP contribution in [0.3, 0.4) is 0 Å². The summed E-state index contributed by atoms with van der Waals surface area (Å²) in [6.07, 6.45) is 2.52. The zero-order chi connectivity index (χ0) is 11.0. The van der Waals surface area contributed by atoms with E-state index in [9.17, 15) is 0 Å². The van der Waals surface area contributed by atoms with Crippen LogP contribution >= 0.6 is 0 Å². The second-order valence-electron chi connectivity index (χ2n) is 3.97. The summed E-state index contributed by atoms with van der Waals surface area (Å²) >= 11 is 0. The van der Waals surface area contributed by atoms with Crippen molar-refractivity contribution < 1.29 is 9.26 Å². The molecule has 0 saturated carbocycles. The van der Waals surface area contributed by atoms with E-state index in [1.54, 1.807) is 0 Å². The van der Waals surface area contributed by atoms with Crippen molar-refractivity contribution in [1.29, 1.82) is 0 Å². The van der Waals surface area contributed by atoms with Crippen molar-refractivity contribution in [1.82, 2.24) is 15.1 Å². The van der Waals surface area contributed by atoms with Gasteiger partial charge in [-0.15, -0.1) is 0 Å². The highest BCUT2D eigenvalue weighted by atomic mass is 16.5. The Hall–Kier alpha value is -1.66. The molecule has 1 fully saturated rings. The molecule has 0 bridgehead atoms. The molecule has 6 nitrogen and oxygen atoms in total. The molecule has 1 saturated heterocycles.